The molecule has 2 heteroatoms. The van der Waals surface area contributed by atoms with E-state index in [9.17, 15) is 4.79 Å². The fourth-order valence-electron chi connectivity index (χ4n) is 1.87. The van der Waals surface area contributed by atoms with Crippen molar-refractivity contribution in [3.05, 3.63) is 11.3 Å². The number of allylic oxidation sites excluding steroid dienone is 2. The summed E-state index contributed by atoms with van der Waals surface area (Å²) in [6, 6.07) is 0. The molecule has 0 fully saturated rings. The first-order valence-electron chi connectivity index (χ1n) is 5.91. The highest BCUT2D eigenvalue weighted by molar-refractivity contribution is 5.83. The average Bonchev–Trinajstić information content (AvgIpc) is 1.98. The molecule has 0 bridgehead atoms. The predicted molar refractivity (Wildman–Crippen MR) is 70.0 cm³/mol. The Labute approximate surface area is 101 Å². The molecule has 0 aromatic carbocycles. The van der Waals surface area contributed by atoms with Crippen LogP contribution in [0.3, 0.4) is 0 Å². The van der Waals surface area contributed by atoms with E-state index in [1.165, 1.54) is 0 Å². The summed E-state index contributed by atoms with van der Waals surface area (Å²) in [5.74, 6) is 0.112. The Morgan fingerprint density at radius 2 is 1.44 bits per heavy atom. The van der Waals surface area contributed by atoms with Crippen LogP contribution in [0.25, 0.3) is 0 Å². The number of rotatable bonds is 3. The van der Waals surface area contributed by atoms with Gasteiger partial charge in [0.15, 0.2) is 0 Å². The maximum Gasteiger partial charge on any atom is 0.229 e. The van der Waals surface area contributed by atoms with Gasteiger partial charge in [-0.15, -0.1) is 0 Å². The zero-order chi connectivity index (χ0) is 13.1. The van der Waals surface area contributed by atoms with E-state index < -0.39 is 0 Å². The zero-order valence-electron chi connectivity index (χ0n) is 12.1. The van der Waals surface area contributed by atoms with Gasteiger partial charge in [0.2, 0.25) is 5.91 Å². The largest absolute Gasteiger partial charge is 0.330 e. The van der Waals surface area contributed by atoms with Crippen molar-refractivity contribution >= 4 is 5.91 Å². The minimum Gasteiger partial charge on any atom is -0.330 e. The molecule has 0 unspecified atom stereocenters. The Bertz CT molecular complexity index is 288. The van der Waals surface area contributed by atoms with Crippen molar-refractivity contribution in [3.63, 3.8) is 0 Å². The maximum absolute atomic E-state index is 12.1. The Morgan fingerprint density at radius 3 is 1.75 bits per heavy atom. The van der Waals surface area contributed by atoms with Crippen LogP contribution >= 0.6 is 0 Å². The minimum absolute atomic E-state index is 0.112. The molecule has 16 heavy (non-hydrogen) atoms. The first-order valence-corrected chi connectivity index (χ1v) is 5.91. The van der Waals surface area contributed by atoms with Gasteiger partial charge in [0.1, 0.15) is 0 Å². The summed E-state index contributed by atoms with van der Waals surface area (Å²) in [4.78, 5) is 12.1. The summed E-state index contributed by atoms with van der Waals surface area (Å²) >= 11 is 0. The highest BCUT2D eigenvalue weighted by Crippen LogP contribution is 2.33. The lowest BCUT2D eigenvalue weighted by atomic mass is 9.75. The predicted octanol–water partition coefficient (Wildman–Crippen LogP) is 3.88. The number of amides is 1. The molecule has 0 aromatic heterocycles. The fraction of sp³-hybridized carbons (Fsp3) is 0.786. The topological polar surface area (TPSA) is 29.1 Å². The van der Waals surface area contributed by atoms with Gasteiger partial charge in [0, 0.05) is 11.1 Å². The Morgan fingerprint density at radius 1 is 1.00 bits per heavy atom. The third-order valence-electron chi connectivity index (χ3n) is 2.64. The second-order valence-electron chi connectivity index (χ2n) is 6.70. The van der Waals surface area contributed by atoms with Crippen LogP contribution in [0.5, 0.6) is 0 Å². The van der Waals surface area contributed by atoms with Crippen LogP contribution in [0.4, 0.5) is 0 Å². The van der Waals surface area contributed by atoms with Gasteiger partial charge in [-0.25, -0.2) is 0 Å². The summed E-state index contributed by atoms with van der Waals surface area (Å²) in [6.45, 7) is 16.5. The molecule has 0 saturated carbocycles. The lowest BCUT2D eigenvalue weighted by Crippen LogP contribution is -2.38. The van der Waals surface area contributed by atoms with Crippen LogP contribution in [0.1, 0.15) is 61.8 Å². The molecule has 0 atom stereocenters. The molecule has 0 aromatic rings. The van der Waals surface area contributed by atoms with Gasteiger partial charge in [-0.3, -0.25) is 4.79 Å². The maximum atomic E-state index is 12.1. The van der Waals surface area contributed by atoms with Crippen molar-refractivity contribution in [1.82, 2.24) is 5.32 Å². The summed E-state index contributed by atoms with van der Waals surface area (Å²) in [5.41, 5.74) is 1.96. The van der Waals surface area contributed by atoms with E-state index in [0.29, 0.717) is 0 Å². The summed E-state index contributed by atoms with van der Waals surface area (Å²) in [7, 11) is 0. The molecule has 1 N–H and O–H groups in total. The second kappa shape index (κ2) is 5.03. The summed E-state index contributed by atoms with van der Waals surface area (Å²) in [6.07, 6.45) is 0.877. The third-order valence-corrected chi connectivity index (χ3v) is 2.64. The summed E-state index contributed by atoms with van der Waals surface area (Å²) in [5, 5.41) is 2.98. The van der Waals surface area contributed by atoms with E-state index in [1.807, 2.05) is 34.6 Å². The number of hydrogen-bond donors (Lipinski definition) is 1. The Kier molecular flexibility index (Phi) is 4.78. The SMILES string of the molecule is CC(C)=C(C)NC(=O)C(C)(C)CC(C)(C)C. The molecule has 0 rings (SSSR count). The molecule has 0 saturated heterocycles. The van der Waals surface area contributed by atoms with Crippen molar-refractivity contribution in [2.24, 2.45) is 10.8 Å². The normalized spacial score (nSPS) is 12.2. The molecule has 0 aliphatic heterocycles. The van der Waals surface area contributed by atoms with Crippen molar-refractivity contribution in [3.8, 4) is 0 Å². The molecule has 0 spiro atoms. The van der Waals surface area contributed by atoms with Crippen LogP contribution in [0, 0.1) is 10.8 Å². The van der Waals surface area contributed by atoms with Gasteiger partial charge in [-0.1, -0.05) is 40.2 Å². The van der Waals surface area contributed by atoms with Crippen molar-refractivity contribution in [1.29, 1.82) is 0 Å². The molecular formula is C14H27NO. The first kappa shape index (κ1) is 15.2. The first-order chi connectivity index (χ1) is 6.96. The average molecular weight is 225 g/mol. The van der Waals surface area contributed by atoms with E-state index in [2.05, 4.69) is 26.1 Å². The van der Waals surface area contributed by atoms with Gasteiger partial charge in [0.05, 0.1) is 0 Å². The van der Waals surface area contributed by atoms with Gasteiger partial charge >= 0.3 is 0 Å². The van der Waals surface area contributed by atoms with Gasteiger partial charge in [-0.05, 0) is 32.6 Å². The van der Waals surface area contributed by atoms with E-state index in [0.717, 1.165) is 17.7 Å². The van der Waals surface area contributed by atoms with E-state index >= 15 is 0 Å². The molecule has 0 radical (unpaired) electrons. The number of carbonyl (C=O) groups is 1. The molecule has 0 heterocycles. The standard InChI is InChI=1S/C14H27NO/c1-10(2)11(3)15-12(16)14(7,8)9-13(4,5)6/h9H2,1-8H3,(H,15,16). The fourth-order valence-corrected chi connectivity index (χ4v) is 1.87. The highest BCUT2D eigenvalue weighted by Gasteiger charge is 2.32. The Hall–Kier alpha value is -0.790. The number of hydrogen-bond acceptors (Lipinski definition) is 1. The molecule has 0 aliphatic rings. The zero-order valence-corrected chi connectivity index (χ0v) is 12.1. The number of nitrogens with one attached hydrogen (secondary N) is 1. The van der Waals surface area contributed by atoms with Crippen LogP contribution in [0.2, 0.25) is 0 Å². The van der Waals surface area contributed by atoms with E-state index in [4.69, 9.17) is 0 Å². The molecule has 0 aliphatic carbocycles. The van der Waals surface area contributed by atoms with Gasteiger partial charge < -0.3 is 5.32 Å². The van der Waals surface area contributed by atoms with E-state index in [1.54, 1.807) is 0 Å². The van der Waals surface area contributed by atoms with Crippen molar-refractivity contribution in [2.75, 3.05) is 0 Å². The molecule has 1 amide bonds. The van der Waals surface area contributed by atoms with Crippen molar-refractivity contribution < 1.29 is 4.79 Å². The van der Waals surface area contributed by atoms with Crippen LogP contribution in [-0.4, -0.2) is 5.91 Å². The second-order valence-corrected chi connectivity index (χ2v) is 6.70. The molecular weight excluding hydrogens is 198 g/mol. The van der Waals surface area contributed by atoms with E-state index in [-0.39, 0.29) is 16.7 Å². The monoisotopic (exact) mass is 225 g/mol. The van der Waals surface area contributed by atoms with Gasteiger partial charge in [0.25, 0.3) is 0 Å². The molecule has 2 nitrogen and oxygen atoms in total. The summed E-state index contributed by atoms with van der Waals surface area (Å²) < 4.78 is 0. The highest BCUT2D eigenvalue weighted by atomic mass is 16.2. The quantitative estimate of drug-likeness (QED) is 0.776. The van der Waals surface area contributed by atoms with Crippen molar-refractivity contribution in [2.45, 2.75) is 61.8 Å². The minimum atomic E-state index is -0.324. The third kappa shape index (κ3) is 5.34. The van der Waals surface area contributed by atoms with Crippen LogP contribution in [0.15, 0.2) is 11.3 Å². The van der Waals surface area contributed by atoms with Gasteiger partial charge in [-0.2, -0.15) is 0 Å². The van der Waals surface area contributed by atoms with Crippen LogP contribution in [-0.2, 0) is 4.79 Å². The van der Waals surface area contributed by atoms with Crippen LogP contribution < -0.4 is 5.32 Å². The molecule has 94 valence electrons. The lowest BCUT2D eigenvalue weighted by Gasteiger charge is -2.31. The smallest absolute Gasteiger partial charge is 0.229 e. The number of carbonyl (C=O) groups excluding carboxylic acids is 1. The Balaban J connectivity index is 4.67. The lowest BCUT2D eigenvalue weighted by molar-refractivity contribution is -0.130.